The van der Waals surface area contributed by atoms with E-state index >= 15 is 0 Å². The maximum absolute atomic E-state index is 12.4. The van der Waals surface area contributed by atoms with Gasteiger partial charge < -0.3 is 10.2 Å². The van der Waals surface area contributed by atoms with Crippen molar-refractivity contribution in [1.29, 1.82) is 0 Å². The van der Waals surface area contributed by atoms with Gasteiger partial charge in [0.1, 0.15) is 0 Å². The molecule has 1 saturated heterocycles. The lowest BCUT2D eigenvalue weighted by molar-refractivity contribution is -0.128. The van der Waals surface area contributed by atoms with Crippen molar-refractivity contribution in [3.63, 3.8) is 0 Å². The highest BCUT2D eigenvalue weighted by Gasteiger charge is 2.41. The monoisotopic (exact) mass is 361 g/mol. The number of amides is 2. The number of halogens is 1. The number of nitrogens with zero attached hydrogens (tertiary/aromatic N) is 2. The first-order chi connectivity index (χ1) is 11.6. The van der Waals surface area contributed by atoms with Crippen LogP contribution in [0, 0.1) is 5.92 Å². The first kappa shape index (κ1) is 15.6. The van der Waals surface area contributed by atoms with E-state index in [1.54, 1.807) is 0 Å². The molecule has 1 aromatic carbocycles. The zero-order valence-corrected chi connectivity index (χ0v) is 14.4. The second-order valence-electron chi connectivity index (χ2n) is 6.21. The number of hydrogen-bond acceptors (Lipinski definition) is 4. The second-order valence-corrected chi connectivity index (χ2v) is 7.51. The molecule has 0 unspecified atom stereocenters. The molecule has 4 rings (SSSR count). The molecule has 2 aromatic rings. The van der Waals surface area contributed by atoms with Crippen molar-refractivity contribution in [1.82, 2.24) is 9.88 Å². The Morgan fingerprint density at radius 2 is 2.04 bits per heavy atom. The van der Waals surface area contributed by atoms with Gasteiger partial charge in [-0.1, -0.05) is 23.7 Å². The molecular formula is C17H16ClN3O2S. The van der Waals surface area contributed by atoms with Gasteiger partial charge in [0.2, 0.25) is 11.8 Å². The highest BCUT2D eigenvalue weighted by molar-refractivity contribution is 7.14. The average molecular weight is 362 g/mol. The van der Waals surface area contributed by atoms with Gasteiger partial charge in [0, 0.05) is 35.0 Å². The van der Waals surface area contributed by atoms with Gasteiger partial charge in [-0.25, -0.2) is 4.98 Å². The fraction of sp³-hybridized carbons (Fsp3) is 0.353. The predicted octanol–water partition coefficient (Wildman–Crippen LogP) is 3.41. The zero-order valence-electron chi connectivity index (χ0n) is 12.9. The molecule has 1 aromatic heterocycles. The number of nitrogens with one attached hydrogen (secondary N) is 1. The van der Waals surface area contributed by atoms with Gasteiger partial charge in [0.05, 0.1) is 11.6 Å². The number of aromatic nitrogens is 1. The van der Waals surface area contributed by atoms with Crippen molar-refractivity contribution in [2.24, 2.45) is 5.92 Å². The fourth-order valence-corrected chi connectivity index (χ4v) is 3.79. The fourth-order valence-electron chi connectivity index (χ4n) is 2.94. The molecule has 2 amide bonds. The van der Waals surface area contributed by atoms with Crippen molar-refractivity contribution >= 4 is 39.9 Å². The van der Waals surface area contributed by atoms with Gasteiger partial charge in [0.15, 0.2) is 5.13 Å². The van der Waals surface area contributed by atoms with Crippen LogP contribution in [-0.2, 0) is 9.59 Å². The van der Waals surface area contributed by atoms with E-state index in [0.717, 1.165) is 24.1 Å². The van der Waals surface area contributed by atoms with Crippen molar-refractivity contribution in [3.8, 4) is 11.3 Å². The number of benzene rings is 1. The van der Waals surface area contributed by atoms with Crippen LogP contribution in [0.2, 0.25) is 5.02 Å². The molecule has 1 aliphatic carbocycles. The average Bonchev–Trinajstić information content (AvgIpc) is 3.18. The van der Waals surface area contributed by atoms with Crippen LogP contribution < -0.4 is 5.32 Å². The summed E-state index contributed by atoms with van der Waals surface area (Å²) in [6.07, 6.45) is 2.44. The highest BCUT2D eigenvalue weighted by atomic mass is 35.5. The number of likely N-dealkylation sites (tertiary alicyclic amines) is 1. The Morgan fingerprint density at radius 1 is 1.29 bits per heavy atom. The minimum Gasteiger partial charge on any atom is -0.339 e. The normalized spacial score (nSPS) is 20.5. The van der Waals surface area contributed by atoms with E-state index in [9.17, 15) is 9.59 Å². The second kappa shape index (κ2) is 6.18. The topological polar surface area (TPSA) is 62.3 Å². The van der Waals surface area contributed by atoms with Gasteiger partial charge >= 0.3 is 0 Å². The Kier molecular flexibility index (Phi) is 4.02. The summed E-state index contributed by atoms with van der Waals surface area (Å²) in [7, 11) is 0. The Balaban J connectivity index is 1.41. The Bertz CT molecular complexity index is 785. The molecular weight excluding hydrogens is 346 g/mol. The first-order valence-corrected chi connectivity index (χ1v) is 9.18. The van der Waals surface area contributed by atoms with Gasteiger partial charge in [-0.3, -0.25) is 9.59 Å². The van der Waals surface area contributed by atoms with Crippen LogP contribution in [0.15, 0.2) is 29.6 Å². The lowest BCUT2D eigenvalue weighted by Gasteiger charge is -2.14. The molecule has 0 bridgehead atoms. The summed E-state index contributed by atoms with van der Waals surface area (Å²) < 4.78 is 0. The van der Waals surface area contributed by atoms with Crippen molar-refractivity contribution in [2.45, 2.75) is 25.3 Å². The van der Waals surface area contributed by atoms with Gasteiger partial charge in [-0.05, 0) is 25.0 Å². The third-order valence-electron chi connectivity index (χ3n) is 4.39. The van der Waals surface area contributed by atoms with Crippen molar-refractivity contribution in [2.75, 3.05) is 11.9 Å². The molecule has 5 nitrogen and oxygen atoms in total. The molecule has 124 valence electrons. The standard InChI is InChI=1S/C17H16ClN3O2S/c18-12-3-1-10(2-4-12)14-9-24-17(19-14)20-16(23)11-7-15(22)21(8-11)13-5-6-13/h1-4,9,11,13H,5-8H2,(H,19,20,23)/t11-/m1/s1. The zero-order chi connectivity index (χ0) is 16.7. The van der Waals surface area contributed by atoms with Gasteiger partial charge in [-0.2, -0.15) is 0 Å². The number of thiazole rings is 1. The SMILES string of the molecule is O=C(Nc1nc(-c2ccc(Cl)cc2)cs1)[C@@H]1CC(=O)N(C2CC2)C1. The third-order valence-corrected chi connectivity index (χ3v) is 5.40. The third kappa shape index (κ3) is 3.16. The molecule has 0 radical (unpaired) electrons. The molecule has 1 N–H and O–H groups in total. The van der Waals surface area contributed by atoms with Crippen molar-refractivity contribution in [3.05, 3.63) is 34.7 Å². The summed E-state index contributed by atoms with van der Waals surface area (Å²) in [5.74, 6) is -0.303. The summed E-state index contributed by atoms with van der Waals surface area (Å²) in [6.45, 7) is 0.532. The first-order valence-electron chi connectivity index (χ1n) is 7.92. The molecule has 2 aliphatic rings. The molecule has 0 spiro atoms. The minimum absolute atomic E-state index is 0.0960. The number of carbonyl (C=O) groups is 2. The quantitative estimate of drug-likeness (QED) is 0.907. The van der Waals surface area contributed by atoms with E-state index in [4.69, 9.17) is 11.6 Å². The maximum Gasteiger partial charge on any atom is 0.231 e. The molecule has 1 saturated carbocycles. The van der Waals surface area contributed by atoms with Crippen LogP contribution in [-0.4, -0.2) is 34.3 Å². The number of hydrogen-bond donors (Lipinski definition) is 1. The molecule has 7 heteroatoms. The van der Waals surface area contributed by atoms with E-state index in [1.165, 1.54) is 11.3 Å². The summed E-state index contributed by atoms with van der Waals surface area (Å²) in [6, 6.07) is 7.78. The smallest absolute Gasteiger partial charge is 0.231 e. The molecule has 2 heterocycles. The van der Waals surface area contributed by atoms with Crippen LogP contribution in [0.1, 0.15) is 19.3 Å². The number of rotatable bonds is 4. The summed E-state index contributed by atoms with van der Waals surface area (Å²) in [4.78, 5) is 30.7. The predicted molar refractivity (Wildman–Crippen MR) is 94.0 cm³/mol. The van der Waals surface area contributed by atoms with Crippen LogP contribution in [0.4, 0.5) is 5.13 Å². The van der Waals surface area contributed by atoms with Crippen LogP contribution in [0.5, 0.6) is 0 Å². The summed E-state index contributed by atoms with van der Waals surface area (Å²) in [5, 5.41) is 5.98. The van der Waals surface area contributed by atoms with E-state index < -0.39 is 0 Å². The van der Waals surface area contributed by atoms with E-state index in [2.05, 4.69) is 10.3 Å². The van der Waals surface area contributed by atoms with Crippen molar-refractivity contribution < 1.29 is 9.59 Å². The Labute approximate surface area is 148 Å². The van der Waals surface area contributed by atoms with Crippen LogP contribution in [0.25, 0.3) is 11.3 Å². The van der Waals surface area contributed by atoms with E-state index in [-0.39, 0.29) is 17.7 Å². The van der Waals surface area contributed by atoms with Gasteiger partial charge in [0.25, 0.3) is 0 Å². The Morgan fingerprint density at radius 3 is 2.75 bits per heavy atom. The van der Waals surface area contributed by atoms with Crippen LogP contribution in [0.3, 0.4) is 0 Å². The van der Waals surface area contributed by atoms with Crippen LogP contribution >= 0.6 is 22.9 Å². The Hall–Kier alpha value is -1.92. The highest BCUT2D eigenvalue weighted by Crippen LogP contribution is 2.33. The lowest BCUT2D eigenvalue weighted by atomic mass is 10.1. The molecule has 1 atom stereocenters. The summed E-state index contributed by atoms with van der Waals surface area (Å²) in [5.41, 5.74) is 1.75. The molecule has 2 fully saturated rings. The van der Waals surface area contributed by atoms with Gasteiger partial charge in [-0.15, -0.1) is 11.3 Å². The number of carbonyl (C=O) groups excluding carboxylic acids is 2. The van der Waals surface area contributed by atoms with E-state index in [1.807, 2.05) is 34.5 Å². The number of anilines is 1. The maximum atomic E-state index is 12.4. The summed E-state index contributed by atoms with van der Waals surface area (Å²) >= 11 is 7.27. The minimum atomic E-state index is -0.277. The van der Waals surface area contributed by atoms with E-state index in [0.29, 0.717) is 29.2 Å². The largest absolute Gasteiger partial charge is 0.339 e. The molecule has 1 aliphatic heterocycles. The lowest BCUT2D eigenvalue weighted by Crippen LogP contribution is -2.29. The molecule has 24 heavy (non-hydrogen) atoms.